The number of hydrogen-bond acceptors (Lipinski definition) is 5. The molecule has 2 rings (SSSR count). The van der Waals surface area contributed by atoms with E-state index in [-0.39, 0.29) is 31.8 Å². The monoisotopic (exact) mass is 324 g/mol. The SMILES string of the molecule is COCC(=O)OCCN(S)C(=O)NC1CCc2ccccc21. The molecule has 1 aromatic carbocycles. The first-order valence-corrected chi connectivity index (χ1v) is 7.51. The van der Waals surface area contributed by atoms with Gasteiger partial charge in [-0.25, -0.2) is 9.59 Å². The molecule has 0 aliphatic heterocycles. The van der Waals surface area contributed by atoms with Crippen molar-refractivity contribution >= 4 is 24.8 Å². The number of carbonyl (C=O) groups excluding carboxylic acids is 2. The van der Waals surface area contributed by atoms with Crippen LogP contribution < -0.4 is 5.32 Å². The second-order valence-corrected chi connectivity index (χ2v) is 5.50. The highest BCUT2D eigenvalue weighted by Crippen LogP contribution is 2.30. The number of fused-ring (bicyclic) bond motifs is 1. The number of thiol groups is 1. The lowest BCUT2D eigenvalue weighted by Crippen LogP contribution is -2.37. The predicted octanol–water partition coefficient (Wildman–Crippen LogP) is 1.72. The maximum atomic E-state index is 12.1. The minimum atomic E-state index is -0.464. The summed E-state index contributed by atoms with van der Waals surface area (Å²) in [6.07, 6.45) is 1.85. The summed E-state index contributed by atoms with van der Waals surface area (Å²) in [5.74, 6) is -0.464. The Hall–Kier alpha value is -1.73. The third-order valence-corrected chi connectivity index (χ3v) is 3.87. The first-order valence-electron chi connectivity index (χ1n) is 7.11. The first kappa shape index (κ1) is 16.6. The molecule has 0 saturated carbocycles. The number of benzene rings is 1. The number of esters is 1. The number of nitrogens with one attached hydrogen (secondary N) is 1. The second-order valence-electron chi connectivity index (χ2n) is 5.02. The molecule has 0 spiro atoms. The lowest BCUT2D eigenvalue weighted by atomic mass is 10.1. The zero-order chi connectivity index (χ0) is 15.9. The molecule has 1 atom stereocenters. The van der Waals surface area contributed by atoms with Crippen LogP contribution >= 0.6 is 12.8 Å². The molecule has 0 aromatic heterocycles. The number of aryl methyl sites for hydroxylation is 1. The van der Waals surface area contributed by atoms with Crippen LogP contribution in [0.2, 0.25) is 0 Å². The van der Waals surface area contributed by atoms with Crippen LogP contribution in [0, 0.1) is 0 Å². The summed E-state index contributed by atoms with van der Waals surface area (Å²) in [7, 11) is 1.42. The molecule has 7 heteroatoms. The highest BCUT2D eigenvalue weighted by atomic mass is 32.1. The Morgan fingerprint density at radius 1 is 1.41 bits per heavy atom. The largest absolute Gasteiger partial charge is 0.462 e. The lowest BCUT2D eigenvalue weighted by Gasteiger charge is -2.20. The molecule has 0 saturated heterocycles. The topological polar surface area (TPSA) is 67.9 Å². The molecule has 0 bridgehead atoms. The number of ether oxygens (including phenoxy) is 2. The van der Waals surface area contributed by atoms with Crippen LogP contribution in [0.15, 0.2) is 24.3 Å². The second kappa shape index (κ2) is 8.05. The van der Waals surface area contributed by atoms with Crippen molar-refractivity contribution in [3.8, 4) is 0 Å². The summed E-state index contributed by atoms with van der Waals surface area (Å²) in [6, 6.07) is 7.79. The molecule has 1 N–H and O–H groups in total. The summed E-state index contributed by atoms with van der Waals surface area (Å²) in [6.45, 7) is 0.191. The lowest BCUT2D eigenvalue weighted by molar-refractivity contribution is -0.147. The molecular formula is C15H20N2O4S. The summed E-state index contributed by atoms with van der Waals surface area (Å²) >= 11 is 4.12. The van der Waals surface area contributed by atoms with Crippen LogP contribution in [0.3, 0.4) is 0 Å². The van der Waals surface area contributed by atoms with Gasteiger partial charge in [0.05, 0.1) is 12.6 Å². The van der Waals surface area contributed by atoms with Gasteiger partial charge in [0.2, 0.25) is 0 Å². The van der Waals surface area contributed by atoms with Crippen LogP contribution in [0.25, 0.3) is 0 Å². The van der Waals surface area contributed by atoms with E-state index in [2.05, 4.69) is 28.9 Å². The van der Waals surface area contributed by atoms with Crippen LogP contribution in [0.4, 0.5) is 4.79 Å². The standard InChI is InChI=1S/C15H20N2O4S/c1-20-10-14(18)21-9-8-17(22)15(19)16-13-7-6-11-4-2-3-5-12(11)13/h2-5,13,22H,6-10H2,1H3,(H,16,19). The minimum Gasteiger partial charge on any atom is -0.462 e. The quantitative estimate of drug-likeness (QED) is 0.618. The minimum absolute atomic E-state index is 0.00870. The molecule has 1 aromatic rings. The van der Waals surface area contributed by atoms with Crippen molar-refractivity contribution in [1.29, 1.82) is 0 Å². The Kier molecular flexibility index (Phi) is 6.09. The van der Waals surface area contributed by atoms with Crippen LogP contribution in [0.1, 0.15) is 23.6 Å². The number of rotatable bonds is 6. The first-order chi connectivity index (χ1) is 10.6. The van der Waals surface area contributed by atoms with Gasteiger partial charge in [-0.3, -0.25) is 4.31 Å². The zero-order valence-electron chi connectivity index (χ0n) is 12.4. The fraction of sp³-hybridized carbons (Fsp3) is 0.467. The van der Waals surface area contributed by atoms with Gasteiger partial charge in [-0.15, -0.1) is 0 Å². The average molecular weight is 324 g/mol. The average Bonchev–Trinajstić information content (AvgIpc) is 2.91. The summed E-state index contributed by atoms with van der Waals surface area (Å²) in [5, 5.41) is 2.94. The van der Waals surface area contributed by atoms with E-state index >= 15 is 0 Å². The Labute approximate surface area is 135 Å². The Morgan fingerprint density at radius 2 is 2.18 bits per heavy atom. The van der Waals surface area contributed by atoms with Gasteiger partial charge < -0.3 is 14.8 Å². The molecule has 0 fully saturated rings. The molecule has 1 aliphatic carbocycles. The van der Waals surface area contributed by atoms with Gasteiger partial charge in [-0.2, -0.15) is 0 Å². The molecule has 120 valence electrons. The number of carbonyl (C=O) groups is 2. The Bertz CT molecular complexity index is 538. The van der Waals surface area contributed by atoms with Gasteiger partial charge in [0, 0.05) is 7.11 Å². The van der Waals surface area contributed by atoms with Gasteiger partial charge in [0.15, 0.2) is 0 Å². The molecule has 1 aliphatic rings. The van der Waals surface area contributed by atoms with Gasteiger partial charge in [-0.1, -0.05) is 37.1 Å². The molecule has 2 amide bonds. The normalized spacial score (nSPS) is 16.0. The van der Waals surface area contributed by atoms with Gasteiger partial charge in [0.25, 0.3) is 0 Å². The number of nitrogens with zero attached hydrogens (tertiary/aromatic N) is 1. The molecule has 0 radical (unpaired) electrons. The summed E-state index contributed by atoms with van der Waals surface area (Å²) < 4.78 is 10.7. The Morgan fingerprint density at radius 3 is 2.95 bits per heavy atom. The Balaban J connectivity index is 1.77. The highest BCUT2D eigenvalue weighted by Gasteiger charge is 2.24. The van der Waals surface area contributed by atoms with Crippen LogP contribution in [-0.4, -0.2) is 43.2 Å². The molecule has 0 heterocycles. The van der Waals surface area contributed by atoms with Gasteiger partial charge in [-0.05, 0) is 24.0 Å². The maximum absolute atomic E-state index is 12.1. The van der Waals surface area contributed by atoms with E-state index in [1.165, 1.54) is 17.0 Å². The van der Waals surface area contributed by atoms with Crippen LogP contribution in [0.5, 0.6) is 0 Å². The molecular weight excluding hydrogens is 304 g/mol. The molecule has 6 nitrogen and oxygen atoms in total. The van der Waals surface area contributed by atoms with E-state index < -0.39 is 5.97 Å². The van der Waals surface area contributed by atoms with Crippen molar-refractivity contribution in [2.75, 3.05) is 26.9 Å². The van der Waals surface area contributed by atoms with E-state index in [0.717, 1.165) is 18.4 Å². The van der Waals surface area contributed by atoms with Crippen LogP contribution in [-0.2, 0) is 20.7 Å². The smallest absolute Gasteiger partial charge is 0.332 e. The van der Waals surface area contributed by atoms with E-state index in [1.807, 2.05) is 18.2 Å². The van der Waals surface area contributed by atoms with Crippen molar-refractivity contribution < 1.29 is 19.1 Å². The van der Waals surface area contributed by atoms with Crippen molar-refractivity contribution in [1.82, 2.24) is 9.62 Å². The van der Waals surface area contributed by atoms with E-state index in [4.69, 9.17) is 4.74 Å². The maximum Gasteiger partial charge on any atom is 0.332 e. The van der Waals surface area contributed by atoms with Gasteiger partial charge >= 0.3 is 12.0 Å². The fourth-order valence-electron chi connectivity index (χ4n) is 2.44. The third kappa shape index (κ3) is 4.38. The number of urea groups is 1. The highest BCUT2D eigenvalue weighted by molar-refractivity contribution is 7.78. The third-order valence-electron chi connectivity index (χ3n) is 3.49. The van der Waals surface area contributed by atoms with Crippen molar-refractivity contribution in [2.24, 2.45) is 0 Å². The fourth-order valence-corrected chi connectivity index (χ4v) is 2.58. The van der Waals surface area contributed by atoms with E-state index in [9.17, 15) is 9.59 Å². The molecule has 22 heavy (non-hydrogen) atoms. The summed E-state index contributed by atoms with van der Waals surface area (Å²) in [4.78, 5) is 23.2. The van der Waals surface area contributed by atoms with Crippen molar-refractivity contribution in [3.05, 3.63) is 35.4 Å². The molecule has 1 unspecified atom stereocenters. The predicted molar refractivity (Wildman–Crippen MR) is 84.6 cm³/mol. The van der Waals surface area contributed by atoms with E-state index in [0.29, 0.717) is 0 Å². The van der Waals surface area contributed by atoms with E-state index in [1.54, 1.807) is 0 Å². The van der Waals surface area contributed by atoms with Crippen molar-refractivity contribution in [3.63, 3.8) is 0 Å². The number of amides is 2. The number of hydrogen-bond donors (Lipinski definition) is 2. The zero-order valence-corrected chi connectivity index (χ0v) is 13.3. The number of methoxy groups -OCH3 is 1. The van der Waals surface area contributed by atoms with Gasteiger partial charge in [0.1, 0.15) is 13.2 Å². The summed E-state index contributed by atoms with van der Waals surface area (Å²) in [5.41, 5.74) is 2.43. The van der Waals surface area contributed by atoms with Crippen molar-refractivity contribution in [2.45, 2.75) is 18.9 Å².